The lowest BCUT2D eigenvalue weighted by Crippen LogP contribution is -2.22. The Kier molecular flexibility index (Phi) is 6.73. The number of nitro groups is 1. The molecule has 2 rings (SSSR count). The van der Waals surface area contributed by atoms with Crippen molar-refractivity contribution in [3.05, 3.63) is 68.2 Å². The summed E-state index contributed by atoms with van der Waals surface area (Å²) in [5, 5.41) is 13.1. The molecule has 0 heterocycles. The molecule has 0 spiro atoms. The minimum Gasteiger partial charge on any atom is -0.455 e. The maximum Gasteiger partial charge on any atom is 0.416 e. The molecule has 0 radical (unpaired) electrons. The molecule has 0 fully saturated rings. The number of ether oxygens (including phenoxy) is 1. The van der Waals surface area contributed by atoms with E-state index in [0.717, 1.165) is 12.1 Å². The number of esters is 1. The first-order valence-corrected chi connectivity index (χ1v) is 8.41. The van der Waals surface area contributed by atoms with Crippen LogP contribution >= 0.6 is 15.9 Å². The Morgan fingerprint density at radius 2 is 1.89 bits per heavy atom. The van der Waals surface area contributed by atoms with Gasteiger partial charge in [-0.25, -0.2) is 0 Å². The number of halogens is 4. The second-order valence-electron chi connectivity index (χ2n) is 5.51. The highest BCUT2D eigenvalue weighted by molar-refractivity contribution is 9.10. The van der Waals surface area contributed by atoms with Gasteiger partial charge in [-0.05, 0) is 33.6 Å². The van der Waals surface area contributed by atoms with Crippen molar-refractivity contribution >= 4 is 39.2 Å². The van der Waals surface area contributed by atoms with E-state index in [-0.39, 0.29) is 21.4 Å². The van der Waals surface area contributed by atoms with Crippen LogP contribution in [0.3, 0.4) is 0 Å². The summed E-state index contributed by atoms with van der Waals surface area (Å²) in [5.74, 6) is -1.59. The number of hydrogen-bond donors (Lipinski definition) is 1. The van der Waals surface area contributed by atoms with Crippen LogP contribution in [0.4, 0.5) is 24.5 Å². The van der Waals surface area contributed by atoms with E-state index in [1.165, 1.54) is 30.3 Å². The van der Waals surface area contributed by atoms with Gasteiger partial charge >= 0.3 is 12.1 Å². The van der Waals surface area contributed by atoms with Gasteiger partial charge in [-0.2, -0.15) is 13.2 Å². The van der Waals surface area contributed by atoms with E-state index in [1.54, 1.807) is 0 Å². The number of anilines is 1. The zero-order valence-corrected chi connectivity index (χ0v) is 15.5. The smallest absolute Gasteiger partial charge is 0.416 e. The number of rotatable bonds is 6. The number of nitrogens with one attached hydrogen (secondary N) is 1. The third-order valence-corrected chi connectivity index (χ3v) is 4.06. The molecule has 0 saturated heterocycles. The predicted octanol–water partition coefficient (Wildman–Crippen LogP) is 4.10. The summed E-state index contributed by atoms with van der Waals surface area (Å²) in [6.45, 7) is -0.665. The maximum atomic E-state index is 12.7. The molecule has 148 valence electrons. The van der Waals surface area contributed by atoms with Gasteiger partial charge in [0.15, 0.2) is 6.61 Å². The molecule has 1 N–H and O–H groups in total. The zero-order chi connectivity index (χ0) is 20.9. The van der Waals surface area contributed by atoms with Crippen molar-refractivity contribution in [2.24, 2.45) is 0 Å². The zero-order valence-electron chi connectivity index (χ0n) is 14.0. The van der Waals surface area contributed by atoms with E-state index in [2.05, 4.69) is 21.2 Å². The van der Waals surface area contributed by atoms with E-state index in [4.69, 9.17) is 4.74 Å². The van der Waals surface area contributed by atoms with E-state index >= 15 is 0 Å². The van der Waals surface area contributed by atoms with Crippen LogP contribution < -0.4 is 5.32 Å². The minimum atomic E-state index is -4.53. The Labute approximate surface area is 164 Å². The number of carbonyl (C=O) groups excluding carboxylic acids is 2. The number of nitrogens with zero attached hydrogens (tertiary/aromatic N) is 1. The first-order valence-electron chi connectivity index (χ1n) is 7.62. The number of amides is 1. The van der Waals surface area contributed by atoms with Crippen LogP contribution in [0.25, 0.3) is 0 Å². The van der Waals surface area contributed by atoms with Crippen molar-refractivity contribution in [1.82, 2.24) is 0 Å². The van der Waals surface area contributed by atoms with Gasteiger partial charge in [0.1, 0.15) is 0 Å². The third kappa shape index (κ3) is 6.05. The van der Waals surface area contributed by atoms with Crippen LogP contribution in [0.15, 0.2) is 46.9 Å². The fourth-order valence-electron chi connectivity index (χ4n) is 2.13. The number of carbonyl (C=O) groups is 2. The van der Waals surface area contributed by atoms with Gasteiger partial charge in [0, 0.05) is 16.6 Å². The summed E-state index contributed by atoms with van der Waals surface area (Å²) in [4.78, 5) is 33.6. The molecule has 2 aromatic rings. The second-order valence-corrected chi connectivity index (χ2v) is 6.36. The molecule has 0 unspecified atom stereocenters. The van der Waals surface area contributed by atoms with E-state index < -0.39 is 41.6 Å². The normalized spacial score (nSPS) is 11.0. The van der Waals surface area contributed by atoms with Crippen LogP contribution in [0.5, 0.6) is 0 Å². The molecule has 0 aliphatic heterocycles. The summed E-state index contributed by atoms with van der Waals surface area (Å²) in [5.41, 5.74) is -0.751. The molecule has 1 amide bonds. The van der Waals surface area contributed by atoms with Crippen molar-refractivity contribution in [3.63, 3.8) is 0 Å². The topological polar surface area (TPSA) is 98.5 Å². The van der Waals surface area contributed by atoms with Gasteiger partial charge < -0.3 is 10.1 Å². The molecular weight excluding hydrogens is 449 g/mol. The molecule has 0 aliphatic rings. The Balaban J connectivity index is 1.89. The molecule has 7 nitrogen and oxygen atoms in total. The lowest BCUT2D eigenvalue weighted by Gasteiger charge is -2.10. The van der Waals surface area contributed by atoms with Crippen LogP contribution in [-0.4, -0.2) is 23.4 Å². The van der Waals surface area contributed by atoms with Gasteiger partial charge in [0.2, 0.25) is 0 Å². The average Bonchev–Trinajstić information content (AvgIpc) is 2.61. The second kappa shape index (κ2) is 8.83. The molecule has 0 bridgehead atoms. The number of benzene rings is 2. The first kappa shape index (κ1) is 21.4. The van der Waals surface area contributed by atoms with Gasteiger partial charge in [-0.15, -0.1) is 0 Å². The van der Waals surface area contributed by atoms with Crippen molar-refractivity contribution in [2.75, 3.05) is 11.9 Å². The third-order valence-electron chi connectivity index (χ3n) is 3.40. The largest absolute Gasteiger partial charge is 0.455 e. The van der Waals surface area contributed by atoms with Gasteiger partial charge in [0.25, 0.3) is 11.6 Å². The van der Waals surface area contributed by atoms with Crippen molar-refractivity contribution < 1.29 is 32.4 Å². The minimum absolute atomic E-state index is 0.0957. The number of nitro benzene ring substituents is 1. The summed E-state index contributed by atoms with van der Waals surface area (Å²) >= 11 is 3.07. The quantitative estimate of drug-likeness (QED) is 0.397. The molecule has 2 aromatic carbocycles. The lowest BCUT2D eigenvalue weighted by molar-refractivity contribution is -0.384. The first-order chi connectivity index (χ1) is 13.1. The van der Waals surface area contributed by atoms with Crippen LogP contribution in [0, 0.1) is 10.1 Å². The van der Waals surface area contributed by atoms with Crippen molar-refractivity contribution in [3.8, 4) is 0 Å². The van der Waals surface area contributed by atoms with Crippen LogP contribution in [0.2, 0.25) is 0 Å². The van der Waals surface area contributed by atoms with Gasteiger partial charge in [0.05, 0.1) is 22.6 Å². The highest BCUT2D eigenvalue weighted by Crippen LogP contribution is 2.30. The average molecular weight is 461 g/mol. The summed E-state index contributed by atoms with van der Waals surface area (Å²) in [6.07, 6.45) is -4.96. The van der Waals surface area contributed by atoms with Crippen LogP contribution in [0.1, 0.15) is 11.1 Å². The Bertz CT molecular complexity index is 918. The highest BCUT2D eigenvalue weighted by atomic mass is 79.9. The van der Waals surface area contributed by atoms with E-state index in [1.807, 2.05) is 0 Å². The van der Waals surface area contributed by atoms with Crippen molar-refractivity contribution in [1.29, 1.82) is 0 Å². The number of hydrogen-bond acceptors (Lipinski definition) is 5. The molecule has 0 aromatic heterocycles. The summed E-state index contributed by atoms with van der Waals surface area (Å²) in [6, 6.07) is 7.88. The SMILES string of the molecule is O=C(COC(=O)Cc1cccc(C(F)(F)F)c1)Nc1ccc([N+](=O)[O-])cc1Br. The summed E-state index contributed by atoms with van der Waals surface area (Å²) in [7, 11) is 0. The standard InChI is InChI=1S/C17H12BrF3N2O5/c18-13-8-12(23(26)27)4-5-14(13)22-15(24)9-28-16(25)7-10-2-1-3-11(6-10)17(19,20)21/h1-6,8H,7,9H2,(H,22,24). The fourth-order valence-corrected chi connectivity index (χ4v) is 2.59. The Morgan fingerprint density at radius 3 is 2.50 bits per heavy atom. The number of non-ortho nitro benzene ring substituents is 1. The molecule has 0 atom stereocenters. The molecule has 28 heavy (non-hydrogen) atoms. The van der Waals surface area contributed by atoms with Gasteiger partial charge in [-0.3, -0.25) is 19.7 Å². The van der Waals surface area contributed by atoms with Crippen LogP contribution in [-0.2, 0) is 26.9 Å². The Hall–Kier alpha value is -2.95. The van der Waals surface area contributed by atoms with Gasteiger partial charge in [-0.1, -0.05) is 18.2 Å². The predicted molar refractivity (Wildman–Crippen MR) is 95.5 cm³/mol. The molecule has 0 saturated carbocycles. The molecular formula is C17H12BrF3N2O5. The number of alkyl halides is 3. The fraction of sp³-hybridized carbons (Fsp3) is 0.176. The Morgan fingerprint density at radius 1 is 1.18 bits per heavy atom. The lowest BCUT2D eigenvalue weighted by atomic mass is 10.1. The highest BCUT2D eigenvalue weighted by Gasteiger charge is 2.30. The molecule has 11 heteroatoms. The maximum absolute atomic E-state index is 12.7. The summed E-state index contributed by atoms with van der Waals surface area (Å²) < 4.78 is 43.0. The van der Waals surface area contributed by atoms with E-state index in [0.29, 0.717) is 0 Å². The monoisotopic (exact) mass is 460 g/mol. The van der Waals surface area contributed by atoms with E-state index in [9.17, 15) is 32.9 Å². The van der Waals surface area contributed by atoms with Crippen molar-refractivity contribution in [2.45, 2.75) is 12.6 Å². The molecule has 0 aliphatic carbocycles.